The molecule has 1 heterocycles. The van der Waals surface area contributed by atoms with Gasteiger partial charge in [0.1, 0.15) is 0 Å². The molecule has 0 unspecified atom stereocenters. The zero-order valence-electron chi connectivity index (χ0n) is 12.7. The largest absolute Gasteiger partial charge is 0.324 e. The molecule has 0 radical (unpaired) electrons. The summed E-state index contributed by atoms with van der Waals surface area (Å²) in [5.74, 6) is -0.157. The van der Waals surface area contributed by atoms with Crippen molar-refractivity contribution in [3.63, 3.8) is 0 Å². The SMILES string of the molecule is O=C(/C=C/c1cccc([N+](=O)[O-])c1)c1cccc(-n2cccc2)c1. The maximum absolute atomic E-state index is 12.3. The van der Waals surface area contributed by atoms with Gasteiger partial charge in [-0.2, -0.15) is 0 Å². The minimum atomic E-state index is -0.459. The summed E-state index contributed by atoms with van der Waals surface area (Å²) in [6.07, 6.45) is 6.82. The summed E-state index contributed by atoms with van der Waals surface area (Å²) in [6, 6.07) is 17.3. The third-order valence-corrected chi connectivity index (χ3v) is 3.54. The summed E-state index contributed by atoms with van der Waals surface area (Å²) in [4.78, 5) is 22.6. The molecular formula is C19H14N2O3. The minimum Gasteiger partial charge on any atom is -0.324 e. The molecule has 3 aromatic rings. The Labute approximate surface area is 138 Å². The van der Waals surface area contributed by atoms with Crippen molar-refractivity contribution in [2.24, 2.45) is 0 Å². The van der Waals surface area contributed by atoms with E-state index < -0.39 is 4.92 Å². The quantitative estimate of drug-likeness (QED) is 0.305. The van der Waals surface area contributed by atoms with Gasteiger partial charge in [0.25, 0.3) is 5.69 Å². The Hall–Kier alpha value is -3.47. The number of rotatable bonds is 5. The molecule has 0 aliphatic carbocycles. The fourth-order valence-corrected chi connectivity index (χ4v) is 2.34. The number of ketones is 1. The number of carbonyl (C=O) groups excluding carboxylic acids is 1. The molecule has 0 atom stereocenters. The van der Waals surface area contributed by atoms with E-state index in [4.69, 9.17) is 0 Å². The first kappa shape index (κ1) is 15.4. The van der Waals surface area contributed by atoms with Crippen molar-refractivity contribution in [1.29, 1.82) is 0 Å². The van der Waals surface area contributed by atoms with Crippen LogP contribution in [0.2, 0.25) is 0 Å². The highest BCUT2D eigenvalue weighted by Crippen LogP contribution is 2.16. The van der Waals surface area contributed by atoms with Gasteiger partial charge >= 0.3 is 0 Å². The second-order valence-electron chi connectivity index (χ2n) is 5.19. The average molecular weight is 318 g/mol. The summed E-state index contributed by atoms with van der Waals surface area (Å²) in [6.45, 7) is 0. The first-order valence-corrected chi connectivity index (χ1v) is 7.34. The molecule has 24 heavy (non-hydrogen) atoms. The molecule has 118 valence electrons. The lowest BCUT2D eigenvalue weighted by Gasteiger charge is -2.04. The van der Waals surface area contributed by atoms with Crippen molar-refractivity contribution in [2.75, 3.05) is 0 Å². The van der Waals surface area contributed by atoms with Crippen molar-refractivity contribution in [2.45, 2.75) is 0 Å². The number of nitro groups is 1. The zero-order valence-corrected chi connectivity index (χ0v) is 12.7. The average Bonchev–Trinajstić information content (AvgIpc) is 3.15. The van der Waals surface area contributed by atoms with Crippen LogP contribution in [0.25, 0.3) is 11.8 Å². The van der Waals surface area contributed by atoms with E-state index in [0.29, 0.717) is 11.1 Å². The van der Waals surface area contributed by atoms with Gasteiger partial charge in [0.05, 0.1) is 4.92 Å². The van der Waals surface area contributed by atoms with Gasteiger partial charge < -0.3 is 4.57 Å². The number of benzene rings is 2. The van der Waals surface area contributed by atoms with Crippen molar-refractivity contribution in [3.8, 4) is 5.69 Å². The zero-order chi connectivity index (χ0) is 16.9. The van der Waals surface area contributed by atoms with Crippen LogP contribution in [-0.2, 0) is 0 Å². The van der Waals surface area contributed by atoms with E-state index in [1.165, 1.54) is 18.2 Å². The predicted molar refractivity (Wildman–Crippen MR) is 92.2 cm³/mol. The molecule has 5 nitrogen and oxygen atoms in total. The molecule has 3 rings (SSSR count). The van der Waals surface area contributed by atoms with Gasteiger partial charge in [0.2, 0.25) is 0 Å². The number of nitrogens with zero attached hydrogens (tertiary/aromatic N) is 2. The van der Waals surface area contributed by atoms with Crippen LogP contribution in [0, 0.1) is 10.1 Å². The van der Waals surface area contributed by atoms with Crippen LogP contribution in [-0.4, -0.2) is 15.3 Å². The summed E-state index contributed by atoms with van der Waals surface area (Å²) < 4.78 is 1.92. The summed E-state index contributed by atoms with van der Waals surface area (Å²) in [5.41, 5.74) is 2.07. The van der Waals surface area contributed by atoms with Gasteiger partial charge in [-0.1, -0.05) is 30.3 Å². The van der Waals surface area contributed by atoms with E-state index in [9.17, 15) is 14.9 Å². The maximum atomic E-state index is 12.3. The van der Waals surface area contributed by atoms with Crippen LogP contribution >= 0.6 is 0 Å². The van der Waals surface area contributed by atoms with Crippen molar-refractivity contribution >= 4 is 17.5 Å². The van der Waals surface area contributed by atoms with E-state index in [0.717, 1.165) is 5.69 Å². The number of carbonyl (C=O) groups is 1. The van der Waals surface area contributed by atoms with Crippen LogP contribution in [0.3, 0.4) is 0 Å². The molecule has 0 spiro atoms. The Balaban J connectivity index is 1.81. The van der Waals surface area contributed by atoms with Crippen LogP contribution in [0.1, 0.15) is 15.9 Å². The maximum Gasteiger partial charge on any atom is 0.270 e. The first-order valence-electron chi connectivity index (χ1n) is 7.34. The Morgan fingerprint density at radius 2 is 1.75 bits per heavy atom. The van der Waals surface area contributed by atoms with Gasteiger partial charge in [0, 0.05) is 35.8 Å². The highest BCUT2D eigenvalue weighted by molar-refractivity contribution is 6.07. The molecular weight excluding hydrogens is 304 g/mol. The number of non-ortho nitro benzene ring substituents is 1. The van der Waals surface area contributed by atoms with E-state index in [-0.39, 0.29) is 11.5 Å². The topological polar surface area (TPSA) is 65.1 Å². The lowest BCUT2D eigenvalue weighted by Crippen LogP contribution is -1.97. The van der Waals surface area contributed by atoms with Gasteiger partial charge in [-0.3, -0.25) is 14.9 Å². The van der Waals surface area contributed by atoms with Crippen molar-refractivity contribution < 1.29 is 9.72 Å². The van der Waals surface area contributed by atoms with Gasteiger partial charge in [-0.15, -0.1) is 0 Å². The highest BCUT2D eigenvalue weighted by Gasteiger charge is 2.06. The first-order chi connectivity index (χ1) is 11.6. The molecule has 0 N–H and O–H groups in total. The molecule has 0 saturated heterocycles. The summed E-state index contributed by atoms with van der Waals surface area (Å²) >= 11 is 0. The normalized spacial score (nSPS) is 10.8. The lowest BCUT2D eigenvalue weighted by atomic mass is 10.1. The van der Waals surface area contributed by atoms with Crippen LogP contribution in [0.5, 0.6) is 0 Å². The highest BCUT2D eigenvalue weighted by atomic mass is 16.6. The molecule has 0 aliphatic heterocycles. The van der Waals surface area contributed by atoms with Crippen molar-refractivity contribution in [1.82, 2.24) is 4.57 Å². The third kappa shape index (κ3) is 3.47. The summed E-state index contributed by atoms with van der Waals surface area (Å²) in [5, 5.41) is 10.8. The van der Waals surface area contributed by atoms with Gasteiger partial charge in [-0.05, 0) is 35.9 Å². The molecule has 0 aliphatic rings. The molecule has 0 fully saturated rings. The van der Waals surface area contributed by atoms with Crippen LogP contribution in [0.15, 0.2) is 79.1 Å². The number of hydrogen-bond donors (Lipinski definition) is 0. The van der Waals surface area contributed by atoms with Gasteiger partial charge in [-0.25, -0.2) is 0 Å². The number of allylic oxidation sites excluding steroid dienone is 1. The van der Waals surface area contributed by atoms with E-state index in [1.807, 2.05) is 41.2 Å². The van der Waals surface area contributed by atoms with E-state index >= 15 is 0 Å². The molecule has 0 saturated carbocycles. The number of hydrogen-bond acceptors (Lipinski definition) is 3. The van der Waals surface area contributed by atoms with Crippen LogP contribution in [0.4, 0.5) is 5.69 Å². The van der Waals surface area contributed by atoms with E-state index in [1.54, 1.807) is 30.3 Å². The Morgan fingerprint density at radius 3 is 2.50 bits per heavy atom. The predicted octanol–water partition coefficient (Wildman–Crippen LogP) is 4.28. The molecule has 1 aromatic heterocycles. The monoisotopic (exact) mass is 318 g/mol. The minimum absolute atomic E-state index is 0.000737. The van der Waals surface area contributed by atoms with Gasteiger partial charge in [0.15, 0.2) is 5.78 Å². The van der Waals surface area contributed by atoms with Crippen LogP contribution < -0.4 is 0 Å². The Kier molecular flexibility index (Phi) is 4.34. The fraction of sp³-hybridized carbons (Fsp3) is 0. The molecule has 0 amide bonds. The lowest BCUT2D eigenvalue weighted by molar-refractivity contribution is -0.384. The third-order valence-electron chi connectivity index (χ3n) is 3.54. The Bertz CT molecular complexity index is 912. The van der Waals surface area contributed by atoms with Crippen molar-refractivity contribution in [3.05, 3.63) is 100 Å². The molecule has 5 heteroatoms. The second kappa shape index (κ2) is 6.75. The second-order valence-corrected chi connectivity index (χ2v) is 5.19. The fourth-order valence-electron chi connectivity index (χ4n) is 2.34. The Morgan fingerprint density at radius 1 is 1.00 bits per heavy atom. The standard InChI is InChI=1S/C19H14N2O3/c22-19(10-9-15-5-3-8-18(13-15)21(23)24)16-6-4-7-17(14-16)20-11-1-2-12-20/h1-14H/b10-9+. The number of nitro benzene ring substituents is 1. The molecule has 2 aromatic carbocycles. The smallest absolute Gasteiger partial charge is 0.270 e. The summed E-state index contributed by atoms with van der Waals surface area (Å²) in [7, 11) is 0. The van der Waals surface area contributed by atoms with E-state index in [2.05, 4.69) is 0 Å². The molecule has 0 bridgehead atoms. The number of aromatic nitrogens is 1.